The van der Waals surface area contributed by atoms with Gasteiger partial charge in [0.1, 0.15) is 5.82 Å². The minimum Gasteiger partial charge on any atom is -0.331 e. The van der Waals surface area contributed by atoms with Gasteiger partial charge in [-0.2, -0.15) is 0 Å². The molecule has 2 heterocycles. The van der Waals surface area contributed by atoms with Gasteiger partial charge in [-0.15, -0.1) is 24.8 Å². The number of carbonyl (C=O) groups is 1. The van der Waals surface area contributed by atoms with Crippen LogP contribution in [0.15, 0.2) is 36.7 Å². The molecule has 7 heteroatoms. The SMILES string of the molecule is CCCCn1ccnc1-c1cccc(NC(=O)C2CCNCC2)c1.Cl.Cl. The fourth-order valence-corrected chi connectivity index (χ4v) is 3.14. The molecule has 0 unspecified atom stereocenters. The molecule has 1 aliphatic rings. The summed E-state index contributed by atoms with van der Waals surface area (Å²) in [5, 5.41) is 6.37. The Kier molecular flexibility index (Phi) is 9.70. The molecular formula is C19H28Cl2N4O. The van der Waals surface area contributed by atoms with E-state index < -0.39 is 0 Å². The van der Waals surface area contributed by atoms with Gasteiger partial charge in [0.15, 0.2) is 0 Å². The topological polar surface area (TPSA) is 59.0 Å². The fraction of sp³-hybridized carbons (Fsp3) is 0.474. The maximum atomic E-state index is 12.4. The minimum absolute atomic E-state index is 0. The van der Waals surface area contributed by atoms with Gasteiger partial charge in [0, 0.05) is 36.1 Å². The Labute approximate surface area is 167 Å². The molecule has 0 radical (unpaired) electrons. The number of rotatable bonds is 6. The van der Waals surface area contributed by atoms with Crippen molar-refractivity contribution in [1.82, 2.24) is 14.9 Å². The lowest BCUT2D eigenvalue weighted by atomic mass is 9.97. The van der Waals surface area contributed by atoms with Crippen LogP contribution in [0.1, 0.15) is 32.6 Å². The second-order valence-electron chi connectivity index (χ2n) is 6.39. The number of anilines is 1. The van der Waals surface area contributed by atoms with E-state index in [1.54, 1.807) is 0 Å². The predicted molar refractivity (Wildman–Crippen MR) is 111 cm³/mol. The lowest BCUT2D eigenvalue weighted by Crippen LogP contribution is -2.34. The molecule has 1 fully saturated rings. The van der Waals surface area contributed by atoms with E-state index >= 15 is 0 Å². The number of carbonyl (C=O) groups excluding carboxylic acids is 1. The first-order valence-electron chi connectivity index (χ1n) is 8.91. The van der Waals surface area contributed by atoms with E-state index in [1.807, 2.05) is 36.7 Å². The molecule has 0 bridgehead atoms. The third kappa shape index (κ3) is 5.73. The number of amides is 1. The molecular weight excluding hydrogens is 371 g/mol. The van der Waals surface area contributed by atoms with Gasteiger partial charge in [-0.3, -0.25) is 4.79 Å². The van der Waals surface area contributed by atoms with Gasteiger partial charge in [-0.1, -0.05) is 25.5 Å². The average Bonchev–Trinajstić information content (AvgIpc) is 3.09. The van der Waals surface area contributed by atoms with Crippen molar-refractivity contribution >= 4 is 36.4 Å². The molecule has 1 aliphatic heterocycles. The molecule has 1 saturated heterocycles. The zero-order valence-electron chi connectivity index (χ0n) is 15.1. The summed E-state index contributed by atoms with van der Waals surface area (Å²) in [6, 6.07) is 7.99. The van der Waals surface area contributed by atoms with Crippen molar-refractivity contribution in [3.63, 3.8) is 0 Å². The first-order chi connectivity index (χ1) is 11.8. The molecule has 3 rings (SSSR count). The normalized spacial score (nSPS) is 14.2. The Hall–Kier alpha value is -1.56. The molecule has 0 atom stereocenters. The third-order valence-corrected chi connectivity index (χ3v) is 4.57. The predicted octanol–water partition coefficient (Wildman–Crippen LogP) is 4.13. The number of aromatic nitrogens is 2. The molecule has 0 saturated carbocycles. The largest absolute Gasteiger partial charge is 0.331 e. The lowest BCUT2D eigenvalue weighted by molar-refractivity contribution is -0.120. The van der Waals surface area contributed by atoms with Crippen molar-refractivity contribution < 1.29 is 4.79 Å². The molecule has 1 aromatic heterocycles. The lowest BCUT2D eigenvalue weighted by Gasteiger charge is -2.21. The highest BCUT2D eigenvalue weighted by Crippen LogP contribution is 2.23. The number of halogens is 2. The summed E-state index contributed by atoms with van der Waals surface area (Å²) < 4.78 is 2.18. The number of hydrogen-bond donors (Lipinski definition) is 2. The Morgan fingerprint density at radius 2 is 2.08 bits per heavy atom. The highest BCUT2D eigenvalue weighted by atomic mass is 35.5. The molecule has 144 valence electrons. The first-order valence-corrected chi connectivity index (χ1v) is 8.91. The number of piperidine rings is 1. The van der Waals surface area contributed by atoms with Gasteiger partial charge in [0.25, 0.3) is 0 Å². The van der Waals surface area contributed by atoms with Gasteiger partial charge < -0.3 is 15.2 Å². The molecule has 26 heavy (non-hydrogen) atoms. The highest BCUT2D eigenvalue weighted by Gasteiger charge is 2.21. The maximum absolute atomic E-state index is 12.4. The summed E-state index contributed by atoms with van der Waals surface area (Å²) in [5.41, 5.74) is 1.89. The fourth-order valence-electron chi connectivity index (χ4n) is 3.14. The summed E-state index contributed by atoms with van der Waals surface area (Å²) >= 11 is 0. The summed E-state index contributed by atoms with van der Waals surface area (Å²) in [6.07, 6.45) is 7.97. The van der Waals surface area contributed by atoms with E-state index in [9.17, 15) is 4.79 Å². The van der Waals surface area contributed by atoms with Crippen molar-refractivity contribution in [3.8, 4) is 11.4 Å². The van der Waals surface area contributed by atoms with Gasteiger partial charge in [-0.05, 0) is 44.5 Å². The maximum Gasteiger partial charge on any atom is 0.227 e. The van der Waals surface area contributed by atoms with E-state index in [2.05, 4.69) is 27.1 Å². The van der Waals surface area contributed by atoms with Crippen LogP contribution in [-0.2, 0) is 11.3 Å². The highest BCUT2D eigenvalue weighted by molar-refractivity contribution is 5.93. The molecule has 2 aromatic rings. The smallest absolute Gasteiger partial charge is 0.227 e. The minimum atomic E-state index is 0. The number of nitrogens with zero attached hydrogens (tertiary/aromatic N) is 2. The summed E-state index contributed by atoms with van der Waals surface area (Å²) in [5.74, 6) is 1.20. The van der Waals surface area contributed by atoms with Gasteiger partial charge in [-0.25, -0.2) is 4.98 Å². The molecule has 1 amide bonds. The summed E-state index contributed by atoms with van der Waals surface area (Å²) in [4.78, 5) is 16.9. The molecule has 0 spiro atoms. The van der Waals surface area contributed by atoms with Gasteiger partial charge in [0.05, 0.1) is 0 Å². The zero-order chi connectivity index (χ0) is 16.8. The van der Waals surface area contributed by atoms with Crippen LogP contribution in [0.4, 0.5) is 5.69 Å². The Morgan fingerprint density at radius 1 is 1.31 bits per heavy atom. The van der Waals surface area contributed by atoms with Crippen molar-refractivity contribution in [2.75, 3.05) is 18.4 Å². The number of aryl methyl sites for hydroxylation is 1. The number of unbranched alkanes of at least 4 members (excludes halogenated alkanes) is 1. The number of imidazole rings is 1. The monoisotopic (exact) mass is 398 g/mol. The zero-order valence-corrected chi connectivity index (χ0v) is 16.7. The molecule has 5 nitrogen and oxygen atoms in total. The Bertz CT molecular complexity index is 684. The molecule has 2 N–H and O–H groups in total. The van der Waals surface area contributed by atoms with E-state index in [0.29, 0.717) is 0 Å². The van der Waals surface area contributed by atoms with Crippen molar-refractivity contribution in [2.45, 2.75) is 39.2 Å². The van der Waals surface area contributed by atoms with Crippen LogP contribution in [0.3, 0.4) is 0 Å². The van der Waals surface area contributed by atoms with Crippen molar-refractivity contribution in [2.24, 2.45) is 5.92 Å². The van der Waals surface area contributed by atoms with E-state index in [0.717, 1.165) is 62.4 Å². The van der Waals surface area contributed by atoms with Crippen LogP contribution in [0.25, 0.3) is 11.4 Å². The van der Waals surface area contributed by atoms with Crippen molar-refractivity contribution in [3.05, 3.63) is 36.7 Å². The number of nitrogens with one attached hydrogen (secondary N) is 2. The van der Waals surface area contributed by atoms with Gasteiger partial charge >= 0.3 is 0 Å². The second-order valence-corrected chi connectivity index (χ2v) is 6.39. The van der Waals surface area contributed by atoms with Crippen LogP contribution in [0.5, 0.6) is 0 Å². The Morgan fingerprint density at radius 3 is 2.81 bits per heavy atom. The number of hydrogen-bond acceptors (Lipinski definition) is 3. The molecule has 1 aromatic carbocycles. The van der Waals surface area contributed by atoms with Crippen LogP contribution < -0.4 is 10.6 Å². The quantitative estimate of drug-likeness (QED) is 0.768. The molecule has 0 aliphatic carbocycles. The van der Waals surface area contributed by atoms with Crippen LogP contribution in [-0.4, -0.2) is 28.5 Å². The van der Waals surface area contributed by atoms with Crippen LogP contribution in [0.2, 0.25) is 0 Å². The number of benzene rings is 1. The average molecular weight is 399 g/mol. The van der Waals surface area contributed by atoms with Crippen LogP contribution in [0, 0.1) is 5.92 Å². The van der Waals surface area contributed by atoms with Crippen molar-refractivity contribution in [1.29, 1.82) is 0 Å². The van der Waals surface area contributed by atoms with E-state index in [-0.39, 0.29) is 36.6 Å². The standard InChI is InChI=1S/C19H26N4O.2ClH/c1-2-3-12-23-13-11-21-18(23)16-5-4-6-17(14-16)22-19(24)15-7-9-20-10-8-15;;/h4-6,11,13-15,20H,2-3,7-10,12H2,1H3,(H,22,24);2*1H. The summed E-state index contributed by atoms with van der Waals surface area (Å²) in [7, 11) is 0. The summed E-state index contributed by atoms with van der Waals surface area (Å²) in [6.45, 7) is 5.00. The van der Waals surface area contributed by atoms with E-state index in [4.69, 9.17) is 0 Å². The third-order valence-electron chi connectivity index (χ3n) is 4.57. The van der Waals surface area contributed by atoms with E-state index in [1.165, 1.54) is 0 Å². The van der Waals surface area contributed by atoms with Crippen LogP contribution >= 0.6 is 24.8 Å². The Balaban J connectivity index is 0.00000169. The second kappa shape index (κ2) is 11.2. The van der Waals surface area contributed by atoms with Gasteiger partial charge in [0.2, 0.25) is 5.91 Å². The first kappa shape index (κ1) is 22.5.